The molecule has 3 unspecified atom stereocenters. The number of hydrogen-bond donors (Lipinski definition) is 1. The van der Waals surface area contributed by atoms with Crippen molar-refractivity contribution in [2.45, 2.75) is 84.0 Å². The molecule has 5 heteroatoms. The average molecular weight is 373 g/mol. The summed E-state index contributed by atoms with van der Waals surface area (Å²) in [5, 5.41) is 3.23. The van der Waals surface area contributed by atoms with Gasteiger partial charge >= 0.3 is 6.09 Å². The van der Waals surface area contributed by atoms with Crippen LogP contribution in [0.1, 0.15) is 64.5 Å². The number of hydrogen-bond acceptors (Lipinski definition) is 3. The third-order valence-corrected chi connectivity index (χ3v) is 5.62. The lowest BCUT2D eigenvalue weighted by Gasteiger charge is -2.38. The van der Waals surface area contributed by atoms with Gasteiger partial charge in [-0.05, 0) is 50.7 Å². The Labute approximate surface area is 162 Å². The van der Waals surface area contributed by atoms with E-state index in [9.17, 15) is 9.59 Å². The smallest absolute Gasteiger partial charge is 0.411 e. The van der Waals surface area contributed by atoms with E-state index in [1.807, 2.05) is 45.0 Å². The minimum Gasteiger partial charge on any atom is -0.444 e. The van der Waals surface area contributed by atoms with Crippen molar-refractivity contribution >= 4 is 12.0 Å². The zero-order valence-corrected chi connectivity index (χ0v) is 17.0. The number of nitrogens with one attached hydrogen (secondary N) is 1. The molecule has 3 rings (SSSR count). The highest BCUT2D eigenvalue weighted by molar-refractivity contribution is 5.87. The fourth-order valence-corrected chi connectivity index (χ4v) is 4.08. The lowest BCUT2D eigenvalue weighted by Crippen LogP contribution is -2.56. The van der Waals surface area contributed by atoms with Gasteiger partial charge in [0.15, 0.2) is 0 Å². The minimum absolute atomic E-state index is 0.0610. The van der Waals surface area contributed by atoms with Crippen LogP contribution in [0.15, 0.2) is 24.3 Å². The van der Waals surface area contributed by atoms with E-state index in [0.717, 1.165) is 30.4 Å². The highest BCUT2D eigenvalue weighted by atomic mass is 16.6. The molecule has 1 aliphatic heterocycles. The van der Waals surface area contributed by atoms with Gasteiger partial charge in [-0.1, -0.05) is 44.0 Å². The molecule has 0 aromatic heterocycles. The molecule has 1 aromatic carbocycles. The van der Waals surface area contributed by atoms with Crippen LogP contribution in [0.5, 0.6) is 0 Å². The topological polar surface area (TPSA) is 58.6 Å². The maximum Gasteiger partial charge on any atom is 0.411 e. The molecule has 1 fully saturated rings. The third-order valence-electron chi connectivity index (χ3n) is 5.62. The molecule has 1 saturated carbocycles. The number of nitrogens with zero attached hydrogens (tertiary/aromatic N) is 1. The molecule has 27 heavy (non-hydrogen) atoms. The Morgan fingerprint density at radius 3 is 2.44 bits per heavy atom. The van der Waals surface area contributed by atoms with E-state index in [-0.39, 0.29) is 11.9 Å². The molecule has 0 bridgehead atoms. The summed E-state index contributed by atoms with van der Waals surface area (Å²) < 4.78 is 5.59. The van der Waals surface area contributed by atoms with Gasteiger partial charge in [0, 0.05) is 12.5 Å². The van der Waals surface area contributed by atoms with Crippen LogP contribution >= 0.6 is 0 Å². The van der Waals surface area contributed by atoms with Crippen molar-refractivity contribution in [2.24, 2.45) is 5.92 Å². The van der Waals surface area contributed by atoms with Gasteiger partial charge in [-0.3, -0.25) is 9.69 Å². The van der Waals surface area contributed by atoms with Crippen molar-refractivity contribution < 1.29 is 14.3 Å². The molecule has 1 aromatic rings. The Balaban J connectivity index is 1.80. The summed E-state index contributed by atoms with van der Waals surface area (Å²) in [5.41, 5.74) is 1.63. The first-order chi connectivity index (χ1) is 12.7. The van der Waals surface area contributed by atoms with Gasteiger partial charge in [0.05, 0.1) is 6.54 Å². The summed E-state index contributed by atoms with van der Waals surface area (Å²) in [5.74, 6) is 0.419. The van der Waals surface area contributed by atoms with E-state index in [1.54, 1.807) is 4.90 Å². The van der Waals surface area contributed by atoms with E-state index >= 15 is 0 Å². The van der Waals surface area contributed by atoms with Gasteiger partial charge in [0.2, 0.25) is 5.91 Å². The molecule has 0 spiro atoms. The zero-order valence-electron chi connectivity index (χ0n) is 17.0. The number of amides is 2. The number of carbonyl (C=O) groups is 2. The molecule has 148 valence electrons. The van der Waals surface area contributed by atoms with Gasteiger partial charge in [0.1, 0.15) is 11.6 Å². The van der Waals surface area contributed by atoms with Gasteiger partial charge in [0.25, 0.3) is 0 Å². The standard InChI is InChI=1S/C22H32N2O3/c1-15-9-5-8-12-18(15)23-20(25)19-13-16-10-6-7-11-17(16)14-24(19)21(26)27-22(2,3)4/h6-7,10-11,15,18-19H,5,8-9,12-14H2,1-4H3,(H,23,25). The first-order valence-electron chi connectivity index (χ1n) is 10.1. The minimum atomic E-state index is -0.590. The molecule has 0 radical (unpaired) electrons. The normalized spacial score (nSPS) is 25.5. The summed E-state index contributed by atoms with van der Waals surface area (Å²) in [6, 6.07) is 7.69. The molecule has 0 saturated heterocycles. The van der Waals surface area contributed by atoms with E-state index < -0.39 is 17.7 Å². The molecule has 1 N–H and O–H groups in total. The summed E-state index contributed by atoms with van der Waals surface area (Å²) in [6.07, 6.45) is 4.65. The largest absolute Gasteiger partial charge is 0.444 e. The van der Waals surface area contributed by atoms with Crippen molar-refractivity contribution in [3.05, 3.63) is 35.4 Å². The highest BCUT2D eigenvalue weighted by Crippen LogP contribution is 2.27. The van der Waals surface area contributed by atoms with E-state index in [2.05, 4.69) is 12.2 Å². The summed E-state index contributed by atoms with van der Waals surface area (Å²) in [6.45, 7) is 8.15. The Bertz CT molecular complexity index is 695. The number of rotatable bonds is 2. The summed E-state index contributed by atoms with van der Waals surface area (Å²) >= 11 is 0. The lowest BCUT2D eigenvalue weighted by molar-refractivity contribution is -0.128. The quantitative estimate of drug-likeness (QED) is 0.852. The maximum atomic E-state index is 13.1. The van der Waals surface area contributed by atoms with Crippen LogP contribution in [0.25, 0.3) is 0 Å². The van der Waals surface area contributed by atoms with Gasteiger partial charge < -0.3 is 10.1 Å². The predicted molar refractivity (Wildman–Crippen MR) is 105 cm³/mol. The third kappa shape index (κ3) is 4.82. The first-order valence-corrected chi connectivity index (χ1v) is 10.1. The number of carbonyl (C=O) groups excluding carboxylic acids is 2. The maximum absolute atomic E-state index is 13.1. The number of benzene rings is 1. The van der Waals surface area contributed by atoms with Gasteiger partial charge in [-0.15, -0.1) is 0 Å². The van der Waals surface area contributed by atoms with Crippen LogP contribution in [0, 0.1) is 5.92 Å². The van der Waals surface area contributed by atoms with Gasteiger partial charge in [-0.25, -0.2) is 4.79 Å². The fraction of sp³-hybridized carbons (Fsp3) is 0.636. The Morgan fingerprint density at radius 2 is 1.78 bits per heavy atom. The molecule has 2 aliphatic rings. The zero-order chi connectivity index (χ0) is 19.6. The predicted octanol–water partition coefficient (Wildman–Crippen LogP) is 4.04. The molecule has 5 nitrogen and oxygen atoms in total. The highest BCUT2D eigenvalue weighted by Gasteiger charge is 2.38. The van der Waals surface area contributed by atoms with Crippen molar-refractivity contribution in [2.75, 3.05) is 0 Å². The van der Waals surface area contributed by atoms with Crippen LogP contribution in [0.3, 0.4) is 0 Å². The molecule has 2 amide bonds. The Kier molecular flexibility index (Phi) is 5.78. The van der Waals surface area contributed by atoms with Crippen LogP contribution in [0.4, 0.5) is 4.79 Å². The van der Waals surface area contributed by atoms with Gasteiger partial charge in [-0.2, -0.15) is 0 Å². The second kappa shape index (κ2) is 7.91. The van der Waals surface area contributed by atoms with Crippen molar-refractivity contribution in [1.29, 1.82) is 0 Å². The van der Waals surface area contributed by atoms with Crippen molar-refractivity contribution in [3.8, 4) is 0 Å². The van der Waals surface area contributed by atoms with E-state index in [1.165, 1.54) is 6.42 Å². The van der Waals surface area contributed by atoms with Crippen LogP contribution in [0.2, 0.25) is 0 Å². The molecule has 1 heterocycles. The Morgan fingerprint density at radius 1 is 1.11 bits per heavy atom. The van der Waals surface area contributed by atoms with E-state index in [4.69, 9.17) is 4.74 Å². The molecular formula is C22H32N2O3. The van der Waals surface area contributed by atoms with Crippen LogP contribution in [-0.4, -0.2) is 34.6 Å². The molecular weight excluding hydrogens is 340 g/mol. The lowest BCUT2D eigenvalue weighted by atomic mass is 9.85. The van der Waals surface area contributed by atoms with Crippen LogP contribution in [-0.2, 0) is 22.5 Å². The monoisotopic (exact) mass is 372 g/mol. The average Bonchev–Trinajstić information content (AvgIpc) is 2.61. The summed E-state index contributed by atoms with van der Waals surface area (Å²) in [7, 11) is 0. The van der Waals surface area contributed by atoms with Crippen molar-refractivity contribution in [3.63, 3.8) is 0 Å². The number of ether oxygens (including phenoxy) is 1. The second-order valence-electron chi connectivity index (χ2n) is 8.97. The molecule has 1 aliphatic carbocycles. The first kappa shape index (κ1) is 19.7. The van der Waals surface area contributed by atoms with E-state index in [0.29, 0.717) is 18.9 Å². The second-order valence-corrected chi connectivity index (χ2v) is 8.97. The molecule has 3 atom stereocenters. The fourth-order valence-electron chi connectivity index (χ4n) is 4.08. The number of fused-ring (bicyclic) bond motifs is 1. The summed E-state index contributed by atoms with van der Waals surface area (Å²) in [4.78, 5) is 27.6. The van der Waals surface area contributed by atoms with Crippen LogP contribution < -0.4 is 5.32 Å². The Hall–Kier alpha value is -2.04. The SMILES string of the molecule is CC1CCCCC1NC(=O)C1Cc2ccccc2CN1C(=O)OC(C)(C)C. The van der Waals surface area contributed by atoms with Crippen molar-refractivity contribution in [1.82, 2.24) is 10.2 Å².